The zero-order valence-electron chi connectivity index (χ0n) is 24.4. The molecule has 2 aromatic heterocycles. The van der Waals surface area contributed by atoms with Gasteiger partial charge in [-0.1, -0.05) is 36.6 Å². The monoisotopic (exact) mass is 574 g/mol. The first-order valence-corrected chi connectivity index (χ1v) is 16.6. The molecule has 0 radical (unpaired) electrons. The number of hydrogen-bond donors (Lipinski definition) is 2. The highest BCUT2D eigenvalue weighted by Crippen LogP contribution is 2.59. The summed E-state index contributed by atoms with van der Waals surface area (Å²) >= 11 is 1.49. The topological polar surface area (TPSA) is 101 Å². The number of carbonyl (C=O) groups excluding carboxylic acids is 1. The van der Waals surface area contributed by atoms with Gasteiger partial charge in [0.05, 0.1) is 5.69 Å². The SMILES string of the molecule is CC(C)(O)c1nc(-c2cccc(NC(=O)C3CCCCC3)c2CC23CCC(c4nc(C5CC5)no4)(CC2)CC3)cs1. The van der Waals surface area contributed by atoms with Crippen LogP contribution in [0, 0.1) is 11.3 Å². The minimum Gasteiger partial charge on any atom is -0.383 e. The van der Waals surface area contributed by atoms with Gasteiger partial charge in [-0.3, -0.25) is 4.79 Å². The molecule has 5 saturated carbocycles. The largest absolute Gasteiger partial charge is 0.383 e. The molecule has 0 unspecified atom stereocenters. The Kier molecular flexibility index (Phi) is 6.85. The summed E-state index contributed by atoms with van der Waals surface area (Å²) in [4.78, 5) is 23.2. The molecule has 8 rings (SSSR count). The maximum absolute atomic E-state index is 13.4. The lowest BCUT2D eigenvalue weighted by molar-refractivity contribution is -0.120. The van der Waals surface area contributed by atoms with Crippen molar-refractivity contribution in [3.05, 3.63) is 45.9 Å². The lowest BCUT2D eigenvalue weighted by Gasteiger charge is -2.52. The third kappa shape index (κ3) is 5.27. The number of carbonyl (C=O) groups is 1. The quantitative estimate of drug-likeness (QED) is 0.287. The van der Waals surface area contributed by atoms with Gasteiger partial charge in [0, 0.05) is 33.9 Å². The van der Waals surface area contributed by atoms with Crippen molar-refractivity contribution in [3.63, 3.8) is 0 Å². The smallest absolute Gasteiger partial charge is 0.232 e. The van der Waals surface area contributed by atoms with E-state index in [1.165, 1.54) is 36.2 Å². The first-order valence-electron chi connectivity index (χ1n) is 15.7. The van der Waals surface area contributed by atoms with Crippen LogP contribution in [0.4, 0.5) is 5.69 Å². The first-order chi connectivity index (χ1) is 19.7. The molecule has 2 heterocycles. The van der Waals surface area contributed by atoms with Crippen LogP contribution in [-0.2, 0) is 22.2 Å². The van der Waals surface area contributed by atoms with E-state index in [4.69, 9.17) is 14.5 Å². The summed E-state index contributed by atoms with van der Waals surface area (Å²) in [6, 6.07) is 6.25. The molecule has 2 N–H and O–H groups in total. The Bertz CT molecular complexity index is 1400. The number of fused-ring (bicyclic) bond motifs is 3. The van der Waals surface area contributed by atoms with Crippen molar-refractivity contribution in [2.45, 2.75) is 121 Å². The Morgan fingerprint density at radius 2 is 1.78 bits per heavy atom. The normalized spacial score (nSPS) is 26.8. The molecule has 1 aromatic carbocycles. The molecule has 2 bridgehead atoms. The van der Waals surface area contributed by atoms with Gasteiger partial charge in [-0.2, -0.15) is 4.98 Å². The van der Waals surface area contributed by atoms with Crippen molar-refractivity contribution >= 4 is 22.9 Å². The number of rotatable bonds is 8. The van der Waals surface area contributed by atoms with Crippen molar-refractivity contribution in [2.75, 3.05) is 5.32 Å². The number of nitrogens with zero attached hydrogens (tertiary/aromatic N) is 3. The minimum atomic E-state index is -0.987. The summed E-state index contributed by atoms with van der Waals surface area (Å²) in [6.07, 6.45) is 15.3. The van der Waals surface area contributed by atoms with Gasteiger partial charge in [0.2, 0.25) is 11.8 Å². The van der Waals surface area contributed by atoms with Gasteiger partial charge < -0.3 is 14.9 Å². The van der Waals surface area contributed by atoms with Crippen LogP contribution in [0.2, 0.25) is 0 Å². The number of anilines is 1. The van der Waals surface area contributed by atoms with E-state index in [1.54, 1.807) is 13.8 Å². The molecule has 0 atom stereocenters. The highest BCUT2D eigenvalue weighted by Gasteiger charge is 2.52. The average Bonchev–Trinajstić information content (AvgIpc) is 3.48. The lowest BCUT2D eigenvalue weighted by atomic mass is 9.52. The number of nitrogens with one attached hydrogen (secondary N) is 1. The van der Waals surface area contributed by atoms with Gasteiger partial charge in [-0.25, -0.2) is 4.98 Å². The van der Waals surface area contributed by atoms with E-state index >= 15 is 0 Å². The van der Waals surface area contributed by atoms with Crippen molar-refractivity contribution in [1.29, 1.82) is 0 Å². The second kappa shape index (κ2) is 10.3. The van der Waals surface area contributed by atoms with Crippen molar-refractivity contribution in [3.8, 4) is 11.3 Å². The van der Waals surface area contributed by atoms with Crippen LogP contribution in [0.25, 0.3) is 11.3 Å². The summed E-state index contributed by atoms with van der Waals surface area (Å²) in [6.45, 7) is 3.56. The van der Waals surface area contributed by atoms with E-state index in [0.29, 0.717) is 10.9 Å². The molecule has 218 valence electrons. The van der Waals surface area contributed by atoms with Crippen molar-refractivity contribution in [1.82, 2.24) is 15.1 Å². The van der Waals surface area contributed by atoms with Crippen LogP contribution < -0.4 is 5.32 Å². The Balaban J connectivity index is 1.18. The number of amides is 1. The van der Waals surface area contributed by atoms with Crippen LogP contribution in [-0.4, -0.2) is 26.1 Å². The first kappa shape index (κ1) is 27.3. The fourth-order valence-electron chi connectivity index (χ4n) is 7.59. The van der Waals surface area contributed by atoms with E-state index in [0.717, 1.165) is 99.3 Å². The molecule has 0 saturated heterocycles. The molecule has 3 aromatic rings. The maximum atomic E-state index is 13.4. The van der Waals surface area contributed by atoms with E-state index in [9.17, 15) is 9.90 Å². The summed E-state index contributed by atoms with van der Waals surface area (Å²) in [5.74, 6) is 2.55. The molecule has 5 aliphatic carbocycles. The predicted octanol–water partition coefficient (Wildman–Crippen LogP) is 7.65. The third-order valence-electron chi connectivity index (χ3n) is 10.5. The highest BCUT2D eigenvalue weighted by molar-refractivity contribution is 7.10. The van der Waals surface area contributed by atoms with Gasteiger partial charge in [-0.15, -0.1) is 11.3 Å². The van der Waals surface area contributed by atoms with Crippen LogP contribution in [0.15, 0.2) is 28.1 Å². The molecule has 0 aliphatic heterocycles. The van der Waals surface area contributed by atoms with E-state index in [2.05, 4.69) is 28.0 Å². The number of aliphatic hydroxyl groups is 1. The van der Waals surface area contributed by atoms with Crippen LogP contribution in [0.3, 0.4) is 0 Å². The molecule has 7 nitrogen and oxygen atoms in total. The second-order valence-corrected chi connectivity index (χ2v) is 14.8. The van der Waals surface area contributed by atoms with E-state index in [-0.39, 0.29) is 22.7 Å². The van der Waals surface area contributed by atoms with Gasteiger partial charge in [-0.05, 0) is 102 Å². The molecule has 41 heavy (non-hydrogen) atoms. The van der Waals surface area contributed by atoms with Gasteiger partial charge in [0.25, 0.3) is 0 Å². The van der Waals surface area contributed by atoms with Crippen LogP contribution >= 0.6 is 11.3 Å². The zero-order valence-corrected chi connectivity index (χ0v) is 25.2. The summed E-state index contributed by atoms with van der Waals surface area (Å²) < 4.78 is 5.87. The standard InChI is InChI=1S/C33H42N4O3S/c1-31(2,39)30-35-26(20-41-30)23-9-6-10-25(34-28(38)22-7-4-3-5-8-22)24(23)19-32-13-16-33(17-14-32,18-15-32)29-36-27(37-40-29)21-11-12-21/h6,9-10,20-22,39H,3-5,7-8,11-19H2,1-2H3,(H,34,38). The Labute approximate surface area is 246 Å². The van der Waals surface area contributed by atoms with Gasteiger partial charge in [0.15, 0.2) is 5.82 Å². The molecule has 1 amide bonds. The Hall–Kier alpha value is -2.58. The van der Waals surface area contributed by atoms with Crippen molar-refractivity contribution < 1.29 is 14.4 Å². The molecule has 5 aliphatic rings. The molecule has 5 fully saturated rings. The maximum Gasteiger partial charge on any atom is 0.232 e. The number of aromatic nitrogens is 3. The third-order valence-corrected chi connectivity index (χ3v) is 11.7. The predicted molar refractivity (Wildman–Crippen MR) is 160 cm³/mol. The average molecular weight is 575 g/mol. The van der Waals surface area contributed by atoms with Crippen LogP contribution in [0.1, 0.15) is 126 Å². The molecule has 0 spiro atoms. The van der Waals surface area contributed by atoms with E-state index < -0.39 is 5.60 Å². The fourth-order valence-corrected chi connectivity index (χ4v) is 8.44. The van der Waals surface area contributed by atoms with E-state index in [1.807, 2.05) is 6.07 Å². The van der Waals surface area contributed by atoms with Crippen molar-refractivity contribution in [2.24, 2.45) is 11.3 Å². The highest BCUT2D eigenvalue weighted by atomic mass is 32.1. The Morgan fingerprint density at radius 3 is 2.44 bits per heavy atom. The van der Waals surface area contributed by atoms with Gasteiger partial charge >= 0.3 is 0 Å². The molecule has 8 heteroatoms. The Morgan fingerprint density at radius 1 is 1.05 bits per heavy atom. The lowest BCUT2D eigenvalue weighted by Crippen LogP contribution is -2.45. The summed E-state index contributed by atoms with van der Waals surface area (Å²) in [5, 5.41) is 21.1. The summed E-state index contributed by atoms with van der Waals surface area (Å²) in [5.41, 5.74) is 3.28. The molecular formula is C33H42N4O3S. The fraction of sp³-hybridized carbons (Fsp3) is 0.636. The van der Waals surface area contributed by atoms with Crippen LogP contribution in [0.5, 0.6) is 0 Å². The summed E-state index contributed by atoms with van der Waals surface area (Å²) in [7, 11) is 0. The van der Waals surface area contributed by atoms with Gasteiger partial charge in [0.1, 0.15) is 10.6 Å². The number of thiazole rings is 1. The minimum absolute atomic E-state index is 0.0238. The number of hydrogen-bond acceptors (Lipinski definition) is 7. The molecular weight excluding hydrogens is 532 g/mol. The second-order valence-electron chi connectivity index (χ2n) is 13.9. The number of benzene rings is 1. The zero-order chi connectivity index (χ0) is 28.2.